The second kappa shape index (κ2) is 5.74. The third kappa shape index (κ3) is 5.74. The Labute approximate surface area is 55.1 Å². The van der Waals surface area contributed by atoms with Gasteiger partial charge in [-0.15, -0.1) is 5.10 Å². The predicted octanol–water partition coefficient (Wildman–Crippen LogP) is 1.95. The number of nitrogens with one attached hydrogen (secondary N) is 1. The molecule has 38 valence electrons. The van der Waals surface area contributed by atoms with E-state index >= 15 is 0 Å². The molecule has 0 saturated carbocycles. The van der Waals surface area contributed by atoms with Gasteiger partial charge in [-0.3, -0.25) is 0 Å². The molecule has 0 spiro atoms. The SMILES string of the molecule is N=N/N=C\C=C/I. The maximum atomic E-state index is 6.17. The number of nitrogens with zero attached hydrogens (tertiary/aromatic N) is 2. The Balaban J connectivity index is 3.27. The van der Waals surface area contributed by atoms with Gasteiger partial charge in [0, 0.05) is 0 Å². The second-order valence-electron chi connectivity index (χ2n) is 0.683. The van der Waals surface area contributed by atoms with E-state index in [1.165, 1.54) is 6.21 Å². The minimum absolute atomic E-state index is 1.44. The first-order valence-corrected chi connectivity index (χ1v) is 2.81. The standard InChI is InChI=1S/C3H4IN3/c4-2-1-3-6-7-5/h1-3,5H/b2-1-,6-3-,7-5?. The van der Waals surface area contributed by atoms with Crippen molar-refractivity contribution in [1.82, 2.24) is 0 Å². The topological polar surface area (TPSA) is 48.6 Å². The van der Waals surface area contributed by atoms with E-state index in [0.717, 1.165) is 0 Å². The molecule has 0 bridgehead atoms. The number of hydrogen-bond donors (Lipinski definition) is 1. The lowest BCUT2D eigenvalue weighted by atomic mass is 10.7. The Bertz CT molecular complexity index is 96.4. The molecule has 0 aromatic rings. The van der Waals surface area contributed by atoms with Crippen LogP contribution in [0.4, 0.5) is 0 Å². The zero-order valence-corrected chi connectivity index (χ0v) is 5.66. The van der Waals surface area contributed by atoms with Gasteiger partial charge in [0.15, 0.2) is 0 Å². The third-order valence-corrected chi connectivity index (χ3v) is 0.698. The lowest BCUT2D eigenvalue weighted by molar-refractivity contribution is 0.997. The fourth-order valence-corrected chi connectivity index (χ4v) is 0.290. The number of allylic oxidation sites excluding steroid dienone is 1. The molecule has 0 aliphatic rings. The molecule has 0 heterocycles. The number of halogens is 1. The molecule has 0 saturated heterocycles. The average Bonchev–Trinajstić information content (AvgIpc) is 1.69. The maximum absolute atomic E-state index is 6.17. The lowest BCUT2D eigenvalue weighted by Crippen LogP contribution is -1.54. The summed E-state index contributed by atoms with van der Waals surface area (Å²) >= 11 is 2.05. The molecule has 0 aliphatic carbocycles. The van der Waals surface area contributed by atoms with E-state index in [9.17, 15) is 0 Å². The van der Waals surface area contributed by atoms with Crippen LogP contribution < -0.4 is 0 Å². The molecule has 0 unspecified atom stereocenters. The fraction of sp³-hybridized carbons (Fsp3) is 0. The summed E-state index contributed by atoms with van der Waals surface area (Å²) < 4.78 is 1.78. The van der Waals surface area contributed by atoms with Crippen LogP contribution in [0.15, 0.2) is 20.5 Å². The van der Waals surface area contributed by atoms with Crippen molar-refractivity contribution in [2.75, 3.05) is 0 Å². The molecule has 0 atom stereocenters. The van der Waals surface area contributed by atoms with Crippen molar-refractivity contribution in [3.8, 4) is 0 Å². The van der Waals surface area contributed by atoms with Crippen molar-refractivity contribution in [3.63, 3.8) is 0 Å². The highest BCUT2D eigenvalue weighted by Crippen LogP contribution is 1.79. The van der Waals surface area contributed by atoms with E-state index in [0.29, 0.717) is 0 Å². The molecule has 0 aliphatic heterocycles. The number of rotatable bonds is 2. The minimum atomic E-state index is 1.44. The van der Waals surface area contributed by atoms with Gasteiger partial charge >= 0.3 is 0 Å². The first kappa shape index (κ1) is 6.74. The van der Waals surface area contributed by atoms with Crippen LogP contribution in [0.25, 0.3) is 0 Å². The van der Waals surface area contributed by atoms with Crippen LogP contribution >= 0.6 is 22.6 Å². The van der Waals surface area contributed by atoms with E-state index in [1.807, 2.05) is 0 Å². The quantitative estimate of drug-likeness (QED) is 0.312. The summed E-state index contributed by atoms with van der Waals surface area (Å²) in [5.74, 6) is 0. The molecule has 0 fully saturated rings. The predicted molar refractivity (Wildman–Crippen MR) is 36.8 cm³/mol. The van der Waals surface area contributed by atoms with Crippen molar-refractivity contribution in [3.05, 3.63) is 10.2 Å². The minimum Gasteiger partial charge on any atom is -0.185 e. The Kier molecular flexibility index (Phi) is 5.53. The van der Waals surface area contributed by atoms with Crippen LogP contribution in [0.2, 0.25) is 0 Å². The van der Waals surface area contributed by atoms with Crippen molar-refractivity contribution in [2.45, 2.75) is 0 Å². The Morgan fingerprint density at radius 1 is 1.57 bits per heavy atom. The zero-order chi connectivity index (χ0) is 5.54. The van der Waals surface area contributed by atoms with Gasteiger partial charge in [0.1, 0.15) is 0 Å². The molecule has 0 rings (SSSR count). The van der Waals surface area contributed by atoms with E-state index in [-0.39, 0.29) is 0 Å². The summed E-state index contributed by atoms with van der Waals surface area (Å²) in [5, 5.41) is 5.97. The maximum Gasteiger partial charge on any atom is 0.0518 e. The molecular weight excluding hydrogens is 205 g/mol. The molecule has 4 heteroatoms. The van der Waals surface area contributed by atoms with Crippen molar-refractivity contribution in [2.24, 2.45) is 10.3 Å². The first-order valence-electron chi connectivity index (χ1n) is 1.57. The van der Waals surface area contributed by atoms with E-state index in [1.54, 1.807) is 10.2 Å². The highest BCUT2D eigenvalue weighted by Gasteiger charge is 1.55. The third-order valence-electron chi connectivity index (χ3n) is 0.283. The van der Waals surface area contributed by atoms with Crippen LogP contribution in [0.1, 0.15) is 0 Å². The molecule has 3 nitrogen and oxygen atoms in total. The Hall–Kier alpha value is -0.260. The molecule has 0 aromatic carbocycles. The summed E-state index contributed by atoms with van der Waals surface area (Å²) in [4.78, 5) is 0. The smallest absolute Gasteiger partial charge is 0.0518 e. The van der Waals surface area contributed by atoms with Crippen molar-refractivity contribution in [1.29, 1.82) is 5.53 Å². The summed E-state index contributed by atoms with van der Waals surface area (Å²) in [5.41, 5.74) is 6.17. The summed E-state index contributed by atoms with van der Waals surface area (Å²) in [7, 11) is 0. The highest BCUT2D eigenvalue weighted by molar-refractivity contribution is 14.1. The van der Waals surface area contributed by atoms with E-state index in [2.05, 4.69) is 32.9 Å². The highest BCUT2D eigenvalue weighted by atomic mass is 127. The van der Waals surface area contributed by atoms with Crippen LogP contribution in [0.3, 0.4) is 0 Å². The zero-order valence-electron chi connectivity index (χ0n) is 3.50. The van der Waals surface area contributed by atoms with Gasteiger partial charge in [0.25, 0.3) is 0 Å². The largest absolute Gasteiger partial charge is 0.185 e. The van der Waals surface area contributed by atoms with Gasteiger partial charge in [-0.2, -0.15) is 5.53 Å². The fourth-order valence-electron chi connectivity index (χ4n) is 0.104. The van der Waals surface area contributed by atoms with Gasteiger partial charge in [0.05, 0.1) is 6.21 Å². The summed E-state index contributed by atoms with van der Waals surface area (Å²) in [6.45, 7) is 0. The van der Waals surface area contributed by atoms with Crippen LogP contribution in [0, 0.1) is 5.53 Å². The molecule has 1 N–H and O–H groups in total. The van der Waals surface area contributed by atoms with Crippen molar-refractivity contribution >= 4 is 28.8 Å². The van der Waals surface area contributed by atoms with Crippen LogP contribution in [0.5, 0.6) is 0 Å². The van der Waals surface area contributed by atoms with Gasteiger partial charge in [0.2, 0.25) is 0 Å². The molecular formula is C3H4IN3. The number of hydrogen-bond acceptors (Lipinski definition) is 2. The summed E-state index contributed by atoms with van der Waals surface area (Å²) in [6.07, 6.45) is 3.14. The van der Waals surface area contributed by atoms with Crippen molar-refractivity contribution < 1.29 is 0 Å². The Morgan fingerprint density at radius 3 is 2.71 bits per heavy atom. The first-order chi connectivity index (χ1) is 3.41. The Morgan fingerprint density at radius 2 is 2.29 bits per heavy atom. The molecule has 0 radical (unpaired) electrons. The normalized spacial score (nSPS) is 11.0. The van der Waals surface area contributed by atoms with Crippen LogP contribution in [-0.4, -0.2) is 6.21 Å². The van der Waals surface area contributed by atoms with Gasteiger partial charge < -0.3 is 0 Å². The molecule has 0 aromatic heterocycles. The molecule has 7 heavy (non-hydrogen) atoms. The van der Waals surface area contributed by atoms with Gasteiger partial charge in [-0.05, 0) is 10.2 Å². The average molecular weight is 209 g/mol. The van der Waals surface area contributed by atoms with Gasteiger partial charge in [-0.1, -0.05) is 27.8 Å². The summed E-state index contributed by atoms with van der Waals surface area (Å²) in [6, 6.07) is 0. The lowest BCUT2D eigenvalue weighted by Gasteiger charge is -1.62. The second-order valence-corrected chi connectivity index (χ2v) is 1.40. The van der Waals surface area contributed by atoms with E-state index < -0.39 is 0 Å². The van der Waals surface area contributed by atoms with Crippen LogP contribution in [-0.2, 0) is 0 Å². The van der Waals surface area contributed by atoms with E-state index in [4.69, 9.17) is 5.53 Å². The monoisotopic (exact) mass is 209 g/mol. The molecule has 0 amide bonds. The van der Waals surface area contributed by atoms with Gasteiger partial charge in [-0.25, -0.2) is 0 Å².